The van der Waals surface area contributed by atoms with Gasteiger partial charge in [0.15, 0.2) is 5.76 Å². The minimum Gasteiger partial charge on any atom is -0.463 e. The maximum Gasteiger partial charge on any atom is 0.321 e. The number of hydrogen-bond acceptors (Lipinski definition) is 3. The molecule has 0 atom stereocenters. The molecule has 0 saturated heterocycles. The topological polar surface area (TPSA) is 63.3 Å². The van der Waals surface area contributed by atoms with Gasteiger partial charge in [-0.1, -0.05) is 55.1 Å². The van der Waals surface area contributed by atoms with Crippen LogP contribution in [0.15, 0.2) is 102 Å². The van der Waals surface area contributed by atoms with E-state index in [2.05, 4.69) is 16.5 Å². The normalized spacial score (nSPS) is 10.7. The average molecular weight is 427 g/mol. The van der Waals surface area contributed by atoms with Crippen molar-refractivity contribution in [2.75, 3.05) is 7.05 Å². The van der Waals surface area contributed by atoms with Crippen LogP contribution < -0.4 is 5.32 Å². The van der Waals surface area contributed by atoms with E-state index in [0.29, 0.717) is 19.4 Å². The summed E-state index contributed by atoms with van der Waals surface area (Å²) in [6.45, 7) is 4.67. The summed E-state index contributed by atoms with van der Waals surface area (Å²) in [5, 5.41) is 2.72. The van der Waals surface area contributed by atoms with E-state index in [-0.39, 0.29) is 6.03 Å². The highest BCUT2D eigenvalue weighted by molar-refractivity contribution is 5.75. The van der Waals surface area contributed by atoms with Gasteiger partial charge in [0.25, 0.3) is 0 Å². The fourth-order valence-electron chi connectivity index (χ4n) is 3.57. The van der Waals surface area contributed by atoms with Gasteiger partial charge in [0.2, 0.25) is 0 Å². The van der Waals surface area contributed by atoms with Crippen molar-refractivity contribution in [1.29, 1.82) is 0 Å². The molecule has 0 fully saturated rings. The van der Waals surface area contributed by atoms with Gasteiger partial charge in [-0.05, 0) is 36.2 Å². The highest BCUT2D eigenvalue weighted by Gasteiger charge is 2.18. The molecule has 0 bridgehead atoms. The molecule has 6 nitrogen and oxygen atoms in total. The Morgan fingerprint density at radius 3 is 2.44 bits per heavy atom. The molecule has 32 heavy (non-hydrogen) atoms. The van der Waals surface area contributed by atoms with Crippen molar-refractivity contribution >= 4 is 6.03 Å². The van der Waals surface area contributed by atoms with Crippen LogP contribution in [0.25, 0.3) is 17.1 Å². The van der Waals surface area contributed by atoms with E-state index in [9.17, 15) is 4.79 Å². The number of hydrogen-bond donors (Lipinski definition) is 1. The highest BCUT2D eigenvalue weighted by atomic mass is 16.3. The number of furan rings is 1. The second kappa shape index (κ2) is 9.83. The standard InChI is InChI=1S/C26H26N4O2/c1-20(29(26(31)27-2)18-21-10-5-3-6-11-21)15-16-25-28-23(24-14-9-17-32-24)19-30(25)22-12-7-4-8-13-22/h3-14,17,19H,1,15-16,18H2,2H3,(H,27,31). The number of imidazole rings is 1. The fraction of sp³-hybridized carbons (Fsp3) is 0.154. The zero-order chi connectivity index (χ0) is 22.3. The lowest BCUT2D eigenvalue weighted by atomic mass is 10.1. The van der Waals surface area contributed by atoms with Crippen LogP contribution >= 0.6 is 0 Å². The van der Waals surface area contributed by atoms with Crippen LogP contribution in [0.2, 0.25) is 0 Å². The first kappa shape index (κ1) is 21.2. The Labute approximate surface area is 187 Å². The van der Waals surface area contributed by atoms with Crippen LogP contribution in [0.5, 0.6) is 0 Å². The number of aromatic nitrogens is 2. The van der Waals surface area contributed by atoms with Crippen molar-refractivity contribution in [3.8, 4) is 17.1 Å². The Kier molecular flexibility index (Phi) is 6.51. The van der Waals surface area contributed by atoms with Gasteiger partial charge in [-0.25, -0.2) is 9.78 Å². The number of nitrogens with one attached hydrogen (secondary N) is 1. The van der Waals surface area contributed by atoms with Crippen LogP contribution in [-0.4, -0.2) is 27.5 Å². The van der Waals surface area contributed by atoms with E-state index in [1.165, 1.54) is 0 Å². The Bertz CT molecular complexity index is 1170. The summed E-state index contributed by atoms with van der Waals surface area (Å²) in [6.07, 6.45) is 4.83. The van der Waals surface area contributed by atoms with Crippen LogP contribution in [0.1, 0.15) is 17.8 Å². The number of rotatable bonds is 8. The number of carbonyl (C=O) groups is 1. The van der Waals surface area contributed by atoms with Gasteiger partial charge in [0.05, 0.1) is 12.8 Å². The zero-order valence-electron chi connectivity index (χ0n) is 18.1. The van der Waals surface area contributed by atoms with E-state index in [1.807, 2.05) is 79.0 Å². The van der Waals surface area contributed by atoms with Crippen LogP contribution in [0, 0.1) is 0 Å². The summed E-state index contributed by atoms with van der Waals surface area (Å²) in [7, 11) is 1.63. The molecule has 0 aliphatic rings. The van der Waals surface area contributed by atoms with Crippen molar-refractivity contribution in [3.05, 3.63) is 109 Å². The van der Waals surface area contributed by atoms with E-state index >= 15 is 0 Å². The van der Waals surface area contributed by atoms with E-state index in [1.54, 1.807) is 18.2 Å². The molecule has 4 rings (SSSR count). The maximum atomic E-state index is 12.5. The smallest absolute Gasteiger partial charge is 0.321 e. The Morgan fingerprint density at radius 1 is 1.06 bits per heavy atom. The number of aryl methyl sites for hydroxylation is 1. The average Bonchev–Trinajstić information content (AvgIpc) is 3.52. The van der Waals surface area contributed by atoms with E-state index in [4.69, 9.17) is 9.40 Å². The number of benzene rings is 2. The number of para-hydroxylation sites is 1. The summed E-state index contributed by atoms with van der Waals surface area (Å²) < 4.78 is 7.61. The second-order valence-electron chi connectivity index (χ2n) is 7.42. The van der Waals surface area contributed by atoms with Crippen molar-refractivity contribution < 1.29 is 9.21 Å². The number of carbonyl (C=O) groups excluding carboxylic acids is 1. The van der Waals surface area contributed by atoms with Crippen molar-refractivity contribution in [2.24, 2.45) is 0 Å². The van der Waals surface area contributed by atoms with E-state index < -0.39 is 0 Å². The Balaban J connectivity index is 1.56. The molecular weight excluding hydrogens is 400 g/mol. The third kappa shape index (κ3) is 4.81. The molecule has 2 heterocycles. The molecule has 6 heteroatoms. The molecule has 162 valence electrons. The van der Waals surface area contributed by atoms with Crippen LogP contribution in [0.3, 0.4) is 0 Å². The SMILES string of the molecule is C=C(CCc1nc(-c2ccco2)cn1-c1ccccc1)N(Cc1ccccc1)C(=O)NC. The van der Waals surface area contributed by atoms with Gasteiger partial charge >= 0.3 is 6.03 Å². The zero-order valence-corrected chi connectivity index (χ0v) is 18.1. The largest absolute Gasteiger partial charge is 0.463 e. The van der Waals surface area contributed by atoms with Crippen molar-refractivity contribution in [1.82, 2.24) is 19.8 Å². The Hall–Kier alpha value is -4.06. The number of nitrogens with zero attached hydrogens (tertiary/aromatic N) is 3. The highest BCUT2D eigenvalue weighted by Crippen LogP contribution is 2.24. The quantitative estimate of drug-likeness (QED) is 0.409. The molecule has 0 spiro atoms. The fourth-order valence-corrected chi connectivity index (χ4v) is 3.57. The predicted molar refractivity (Wildman–Crippen MR) is 125 cm³/mol. The molecule has 1 N–H and O–H groups in total. The summed E-state index contributed by atoms with van der Waals surface area (Å²) >= 11 is 0. The Morgan fingerprint density at radius 2 is 1.78 bits per heavy atom. The first-order chi connectivity index (χ1) is 15.7. The van der Waals surface area contributed by atoms with Gasteiger partial charge in [-0.3, -0.25) is 4.90 Å². The number of urea groups is 1. The number of allylic oxidation sites excluding steroid dienone is 1. The van der Waals surface area contributed by atoms with Gasteiger partial charge in [0, 0.05) is 31.0 Å². The summed E-state index contributed by atoms with van der Waals surface area (Å²) in [5.41, 5.74) is 3.57. The number of amides is 2. The lowest BCUT2D eigenvalue weighted by molar-refractivity contribution is 0.210. The summed E-state index contributed by atoms with van der Waals surface area (Å²) in [6, 6.07) is 23.5. The first-order valence-corrected chi connectivity index (χ1v) is 10.5. The lowest BCUT2D eigenvalue weighted by Gasteiger charge is -2.24. The van der Waals surface area contributed by atoms with Gasteiger partial charge in [0.1, 0.15) is 11.5 Å². The molecule has 0 unspecified atom stereocenters. The second-order valence-corrected chi connectivity index (χ2v) is 7.42. The van der Waals surface area contributed by atoms with Gasteiger partial charge in [-0.2, -0.15) is 0 Å². The third-order valence-corrected chi connectivity index (χ3v) is 5.25. The predicted octanol–water partition coefficient (Wildman–Crippen LogP) is 5.42. The molecule has 4 aromatic rings. The lowest BCUT2D eigenvalue weighted by Crippen LogP contribution is -2.36. The molecule has 2 aromatic carbocycles. The van der Waals surface area contributed by atoms with Crippen molar-refractivity contribution in [2.45, 2.75) is 19.4 Å². The monoisotopic (exact) mass is 426 g/mol. The van der Waals surface area contributed by atoms with Gasteiger partial charge < -0.3 is 14.3 Å². The third-order valence-electron chi connectivity index (χ3n) is 5.25. The molecule has 0 aliphatic heterocycles. The summed E-state index contributed by atoms with van der Waals surface area (Å²) in [4.78, 5) is 19.0. The first-order valence-electron chi connectivity index (χ1n) is 10.5. The molecular formula is C26H26N4O2. The molecule has 0 aliphatic carbocycles. The molecule has 0 saturated carbocycles. The molecule has 0 radical (unpaired) electrons. The molecule has 2 amide bonds. The molecule has 2 aromatic heterocycles. The van der Waals surface area contributed by atoms with Gasteiger partial charge in [-0.15, -0.1) is 0 Å². The minimum absolute atomic E-state index is 0.179. The maximum absolute atomic E-state index is 12.5. The van der Waals surface area contributed by atoms with E-state index in [0.717, 1.165) is 34.2 Å². The van der Waals surface area contributed by atoms with Crippen LogP contribution in [0.4, 0.5) is 4.79 Å². The summed E-state index contributed by atoms with van der Waals surface area (Å²) in [5.74, 6) is 1.59. The minimum atomic E-state index is -0.179. The van der Waals surface area contributed by atoms with Crippen LogP contribution in [-0.2, 0) is 13.0 Å². The van der Waals surface area contributed by atoms with Crippen molar-refractivity contribution in [3.63, 3.8) is 0 Å².